The van der Waals surface area contributed by atoms with Gasteiger partial charge < -0.3 is 4.74 Å². The van der Waals surface area contributed by atoms with Crippen LogP contribution in [0.3, 0.4) is 0 Å². The first-order valence-corrected chi connectivity index (χ1v) is 4.73. The van der Waals surface area contributed by atoms with Crippen LogP contribution in [-0.4, -0.2) is 22.9 Å². The lowest BCUT2D eigenvalue weighted by molar-refractivity contribution is -0.139. The van der Waals surface area contributed by atoms with Gasteiger partial charge in [-0.3, -0.25) is 9.48 Å². The Morgan fingerprint density at radius 2 is 2.40 bits per heavy atom. The molecule has 0 aromatic carbocycles. The molecule has 4 heteroatoms. The number of nitrogens with zero attached hydrogens (tertiary/aromatic N) is 2. The van der Waals surface area contributed by atoms with Gasteiger partial charge in [-0.2, -0.15) is 5.10 Å². The number of hydrogen-bond donors (Lipinski definition) is 0. The summed E-state index contributed by atoms with van der Waals surface area (Å²) in [6.45, 7) is 4.08. The summed E-state index contributed by atoms with van der Waals surface area (Å²) in [5.41, 5.74) is 0.813. The molecule has 0 N–H and O–H groups in total. The van der Waals surface area contributed by atoms with E-state index in [0.29, 0.717) is 6.04 Å². The summed E-state index contributed by atoms with van der Waals surface area (Å²) >= 11 is 0. The molecule has 80 valence electrons. The molecule has 0 fully saturated rings. The maximum Gasteiger partial charge on any atom is 0.317 e. The summed E-state index contributed by atoms with van der Waals surface area (Å²) < 4.78 is 6.29. The van der Waals surface area contributed by atoms with E-state index >= 15 is 0 Å². The molecule has 1 aromatic heterocycles. The van der Waals surface area contributed by atoms with Crippen LogP contribution in [0.15, 0.2) is 12.4 Å². The van der Waals surface area contributed by atoms with E-state index in [1.54, 1.807) is 6.20 Å². The minimum atomic E-state index is -0.321. The first-order valence-electron chi connectivity index (χ1n) is 4.73. The summed E-state index contributed by atoms with van der Waals surface area (Å²) in [6, 6.07) is 0.321. The molecule has 0 aliphatic carbocycles. The standard InChI is InChI=1S/C11H14N2O2/c1-9(2)13-8-10(7-12-13)5-4-6-11(14)15-3/h7-9H,6H2,1-3H3. The number of rotatable bonds is 2. The van der Waals surface area contributed by atoms with Crippen LogP contribution in [0.1, 0.15) is 31.9 Å². The van der Waals surface area contributed by atoms with Crippen LogP contribution in [0.2, 0.25) is 0 Å². The minimum absolute atomic E-state index is 0.114. The molecule has 4 nitrogen and oxygen atoms in total. The lowest BCUT2D eigenvalue weighted by atomic mass is 10.3. The fourth-order valence-electron chi connectivity index (χ4n) is 0.976. The van der Waals surface area contributed by atoms with E-state index in [4.69, 9.17) is 0 Å². The van der Waals surface area contributed by atoms with E-state index in [1.807, 2.05) is 24.7 Å². The van der Waals surface area contributed by atoms with Crippen molar-refractivity contribution in [2.75, 3.05) is 7.11 Å². The maximum atomic E-state index is 10.8. The van der Waals surface area contributed by atoms with Gasteiger partial charge in [0, 0.05) is 12.2 Å². The van der Waals surface area contributed by atoms with Gasteiger partial charge in [0.1, 0.15) is 6.42 Å². The van der Waals surface area contributed by atoms with Crippen LogP contribution < -0.4 is 0 Å². The Kier molecular flexibility index (Phi) is 3.92. The molecular weight excluding hydrogens is 192 g/mol. The number of aromatic nitrogens is 2. The Morgan fingerprint density at radius 1 is 1.67 bits per heavy atom. The lowest BCUT2D eigenvalue weighted by Crippen LogP contribution is -1.99. The van der Waals surface area contributed by atoms with Gasteiger partial charge in [-0.1, -0.05) is 11.8 Å². The van der Waals surface area contributed by atoms with E-state index in [0.717, 1.165) is 5.56 Å². The molecule has 15 heavy (non-hydrogen) atoms. The van der Waals surface area contributed by atoms with E-state index in [9.17, 15) is 4.79 Å². The summed E-state index contributed by atoms with van der Waals surface area (Å²) in [6.07, 6.45) is 3.66. The molecule has 0 bridgehead atoms. The zero-order valence-electron chi connectivity index (χ0n) is 9.15. The van der Waals surface area contributed by atoms with E-state index in [-0.39, 0.29) is 12.4 Å². The van der Waals surface area contributed by atoms with Gasteiger partial charge >= 0.3 is 5.97 Å². The number of carbonyl (C=O) groups is 1. The molecule has 0 aliphatic heterocycles. The third-order valence-electron chi connectivity index (χ3n) is 1.82. The van der Waals surface area contributed by atoms with Crippen LogP contribution in [0.4, 0.5) is 0 Å². The topological polar surface area (TPSA) is 44.1 Å². The Bertz CT molecular complexity index is 396. The molecule has 0 amide bonds. The van der Waals surface area contributed by atoms with Crippen molar-refractivity contribution in [3.05, 3.63) is 18.0 Å². The molecule has 0 saturated heterocycles. The second-order valence-corrected chi connectivity index (χ2v) is 3.36. The van der Waals surface area contributed by atoms with Crippen molar-refractivity contribution in [3.63, 3.8) is 0 Å². The second-order valence-electron chi connectivity index (χ2n) is 3.36. The molecule has 0 unspecified atom stereocenters. The zero-order chi connectivity index (χ0) is 11.3. The molecule has 0 aliphatic rings. The normalized spacial score (nSPS) is 9.60. The smallest absolute Gasteiger partial charge is 0.317 e. The van der Waals surface area contributed by atoms with Gasteiger partial charge in [-0.05, 0) is 13.8 Å². The largest absolute Gasteiger partial charge is 0.468 e. The summed E-state index contributed by atoms with van der Waals surface area (Å²) in [5, 5.41) is 4.13. The number of methoxy groups -OCH3 is 1. The lowest BCUT2D eigenvalue weighted by Gasteiger charge is -2.02. The van der Waals surface area contributed by atoms with Crippen LogP contribution in [0.5, 0.6) is 0 Å². The SMILES string of the molecule is COC(=O)CC#Cc1cnn(C(C)C)c1. The number of carbonyl (C=O) groups excluding carboxylic acids is 1. The molecular formula is C11H14N2O2. The Labute approximate surface area is 89.2 Å². The summed E-state index contributed by atoms with van der Waals surface area (Å²) in [4.78, 5) is 10.8. The van der Waals surface area contributed by atoms with Crippen molar-refractivity contribution < 1.29 is 9.53 Å². The van der Waals surface area contributed by atoms with Gasteiger partial charge in [0.15, 0.2) is 0 Å². The average molecular weight is 206 g/mol. The highest BCUT2D eigenvalue weighted by Gasteiger charge is 1.99. The predicted octanol–water partition coefficient (Wildman–Crippen LogP) is 1.38. The fraction of sp³-hybridized carbons (Fsp3) is 0.455. The van der Waals surface area contributed by atoms with Gasteiger partial charge in [0.2, 0.25) is 0 Å². The molecule has 0 spiro atoms. The zero-order valence-corrected chi connectivity index (χ0v) is 9.15. The third-order valence-corrected chi connectivity index (χ3v) is 1.82. The van der Waals surface area contributed by atoms with Crippen molar-refractivity contribution >= 4 is 5.97 Å². The predicted molar refractivity (Wildman–Crippen MR) is 56.1 cm³/mol. The Morgan fingerprint density at radius 3 is 2.93 bits per heavy atom. The maximum absolute atomic E-state index is 10.8. The summed E-state index contributed by atoms with van der Waals surface area (Å²) in [5.74, 6) is 5.26. The molecule has 0 saturated carbocycles. The highest BCUT2D eigenvalue weighted by atomic mass is 16.5. The molecule has 0 radical (unpaired) electrons. The van der Waals surface area contributed by atoms with Crippen molar-refractivity contribution in [2.45, 2.75) is 26.3 Å². The van der Waals surface area contributed by atoms with E-state index in [1.165, 1.54) is 7.11 Å². The van der Waals surface area contributed by atoms with E-state index < -0.39 is 0 Å². The van der Waals surface area contributed by atoms with Crippen LogP contribution >= 0.6 is 0 Å². The van der Waals surface area contributed by atoms with Gasteiger partial charge in [0.25, 0.3) is 0 Å². The third kappa shape index (κ3) is 3.47. The Balaban J connectivity index is 2.60. The minimum Gasteiger partial charge on any atom is -0.468 e. The van der Waals surface area contributed by atoms with Crippen molar-refractivity contribution in [1.82, 2.24) is 9.78 Å². The quantitative estimate of drug-likeness (QED) is 0.542. The fourth-order valence-corrected chi connectivity index (χ4v) is 0.976. The van der Waals surface area contributed by atoms with Crippen molar-refractivity contribution in [1.29, 1.82) is 0 Å². The number of ether oxygens (including phenoxy) is 1. The molecule has 1 heterocycles. The highest BCUT2D eigenvalue weighted by molar-refractivity contribution is 5.72. The molecule has 1 rings (SSSR count). The van der Waals surface area contributed by atoms with Gasteiger partial charge in [-0.25, -0.2) is 0 Å². The molecule has 1 aromatic rings. The van der Waals surface area contributed by atoms with E-state index in [2.05, 4.69) is 21.7 Å². The number of esters is 1. The van der Waals surface area contributed by atoms with Crippen LogP contribution in [0, 0.1) is 11.8 Å². The summed E-state index contributed by atoms with van der Waals surface area (Å²) in [7, 11) is 1.35. The number of hydrogen-bond acceptors (Lipinski definition) is 3. The first kappa shape index (κ1) is 11.3. The first-order chi connectivity index (χ1) is 7.13. The average Bonchev–Trinajstić information content (AvgIpc) is 2.66. The molecule has 0 atom stereocenters. The van der Waals surface area contributed by atoms with Crippen LogP contribution in [0.25, 0.3) is 0 Å². The van der Waals surface area contributed by atoms with Crippen molar-refractivity contribution in [2.24, 2.45) is 0 Å². The highest BCUT2D eigenvalue weighted by Crippen LogP contribution is 2.03. The van der Waals surface area contributed by atoms with Gasteiger partial charge in [0.05, 0.1) is 18.9 Å². The van der Waals surface area contributed by atoms with Gasteiger partial charge in [-0.15, -0.1) is 0 Å². The second kappa shape index (κ2) is 5.20. The van der Waals surface area contributed by atoms with Crippen molar-refractivity contribution in [3.8, 4) is 11.8 Å². The monoisotopic (exact) mass is 206 g/mol. The Hall–Kier alpha value is -1.76. The van der Waals surface area contributed by atoms with Crippen LogP contribution in [-0.2, 0) is 9.53 Å².